The van der Waals surface area contributed by atoms with Gasteiger partial charge in [-0.2, -0.15) is 0 Å². The third kappa shape index (κ3) is 4.56. The molecule has 0 spiro atoms. The molecule has 1 aromatic carbocycles. The summed E-state index contributed by atoms with van der Waals surface area (Å²) in [5.74, 6) is 0.0235. The van der Waals surface area contributed by atoms with Gasteiger partial charge in [-0.05, 0) is 29.1 Å². The predicted octanol–water partition coefficient (Wildman–Crippen LogP) is 2.06. The van der Waals surface area contributed by atoms with E-state index in [-0.39, 0.29) is 11.9 Å². The molecule has 1 amide bonds. The number of hydrogen-bond acceptors (Lipinski definition) is 5. The highest BCUT2D eigenvalue weighted by atomic mass is 32.1. The number of nitrogens with two attached hydrogens (primary N) is 1. The van der Waals surface area contributed by atoms with Gasteiger partial charge in [0.05, 0.1) is 25.7 Å². The Labute approximate surface area is 146 Å². The fourth-order valence-electron chi connectivity index (χ4n) is 2.94. The minimum absolute atomic E-state index is 0.0235. The molecular weight excluding hydrogens is 322 g/mol. The number of morpholine rings is 1. The number of anilines is 1. The zero-order valence-electron chi connectivity index (χ0n) is 13.6. The van der Waals surface area contributed by atoms with Crippen LogP contribution in [-0.2, 0) is 16.0 Å². The van der Waals surface area contributed by atoms with Gasteiger partial charge in [0.2, 0.25) is 5.91 Å². The van der Waals surface area contributed by atoms with Crippen LogP contribution in [0, 0.1) is 0 Å². The van der Waals surface area contributed by atoms with E-state index in [0.717, 1.165) is 31.9 Å². The quantitative estimate of drug-likeness (QED) is 0.787. The van der Waals surface area contributed by atoms with E-state index in [0.29, 0.717) is 18.7 Å². The maximum Gasteiger partial charge on any atom is 0.224 e. The Balaban J connectivity index is 1.59. The minimum atomic E-state index is 0.0235. The summed E-state index contributed by atoms with van der Waals surface area (Å²) < 4.78 is 5.45. The highest BCUT2D eigenvalue weighted by molar-refractivity contribution is 7.10. The summed E-state index contributed by atoms with van der Waals surface area (Å²) >= 11 is 1.73. The second-order valence-corrected chi connectivity index (χ2v) is 6.88. The fraction of sp³-hybridized carbons (Fsp3) is 0.389. The number of rotatable bonds is 6. The lowest BCUT2D eigenvalue weighted by Gasteiger charge is -2.34. The summed E-state index contributed by atoms with van der Waals surface area (Å²) in [6.07, 6.45) is 0.352. The molecule has 0 radical (unpaired) electrons. The van der Waals surface area contributed by atoms with Crippen molar-refractivity contribution in [1.82, 2.24) is 10.2 Å². The lowest BCUT2D eigenvalue weighted by Crippen LogP contribution is -2.43. The Morgan fingerprint density at radius 1 is 1.29 bits per heavy atom. The van der Waals surface area contributed by atoms with E-state index < -0.39 is 0 Å². The number of thiophene rings is 1. The van der Waals surface area contributed by atoms with Crippen molar-refractivity contribution in [2.45, 2.75) is 12.5 Å². The van der Waals surface area contributed by atoms with Gasteiger partial charge in [0.1, 0.15) is 0 Å². The van der Waals surface area contributed by atoms with Gasteiger partial charge in [-0.1, -0.05) is 18.2 Å². The second kappa shape index (κ2) is 8.28. The van der Waals surface area contributed by atoms with Crippen LogP contribution in [0.15, 0.2) is 41.8 Å². The van der Waals surface area contributed by atoms with Crippen molar-refractivity contribution in [3.63, 3.8) is 0 Å². The molecule has 1 atom stereocenters. The lowest BCUT2D eigenvalue weighted by atomic mass is 10.1. The van der Waals surface area contributed by atoms with Crippen LogP contribution in [0.3, 0.4) is 0 Å². The van der Waals surface area contributed by atoms with E-state index in [1.807, 2.05) is 24.3 Å². The number of nitrogens with one attached hydrogen (secondary N) is 1. The van der Waals surface area contributed by atoms with Crippen molar-refractivity contribution >= 4 is 22.9 Å². The lowest BCUT2D eigenvalue weighted by molar-refractivity contribution is -0.120. The molecule has 0 aliphatic carbocycles. The first-order chi connectivity index (χ1) is 11.7. The average Bonchev–Trinajstić information content (AvgIpc) is 3.10. The SMILES string of the molecule is Nc1cccc(CC(=O)NCC(c2cccs2)N2CCOCC2)c1. The molecule has 6 heteroatoms. The van der Waals surface area contributed by atoms with Crippen molar-refractivity contribution in [1.29, 1.82) is 0 Å². The molecule has 5 nitrogen and oxygen atoms in total. The highest BCUT2D eigenvalue weighted by Crippen LogP contribution is 2.25. The van der Waals surface area contributed by atoms with E-state index >= 15 is 0 Å². The molecule has 2 heterocycles. The largest absolute Gasteiger partial charge is 0.399 e. The van der Waals surface area contributed by atoms with Crippen LogP contribution in [0.2, 0.25) is 0 Å². The van der Waals surface area contributed by atoms with Gasteiger partial charge in [0.25, 0.3) is 0 Å². The maximum absolute atomic E-state index is 12.3. The van der Waals surface area contributed by atoms with Gasteiger partial charge < -0.3 is 15.8 Å². The van der Waals surface area contributed by atoms with E-state index in [1.165, 1.54) is 4.88 Å². The fourth-order valence-corrected chi connectivity index (χ4v) is 3.80. The summed E-state index contributed by atoms with van der Waals surface area (Å²) in [6.45, 7) is 3.90. The van der Waals surface area contributed by atoms with E-state index in [1.54, 1.807) is 11.3 Å². The number of benzene rings is 1. The Bertz CT molecular complexity index is 654. The van der Waals surface area contributed by atoms with Crippen molar-refractivity contribution in [2.24, 2.45) is 0 Å². The van der Waals surface area contributed by atoms with E-state index in [4.69, 9.17) is 10.5 Å². The smallest absolute Gasteiger partial charge is 0.224 e. The molecule has 1 aromatic heterocycles. The Morgan fingerprint density at radius 2 is 2.12 bits per heavy atom. The minimum Gasteiger partial charge on any atom is -0.399 e. The number of ether oxygens (including phenoxy) is 1. The Kier molecular flexibility index (Phi) is 5.85. The van der Waals surface area contributed by atoms with Crippen molar-refractivity contribution < 1.29 is 9.53 Å². The van der Waals surface area contributed by atoms with Crippen molar-refractivity contribution in [2.75, 3.05) is 38.6 Å². The van der Waals surface area contributed by atoms with Crippen molar-refractivity contribution in [3.05, 3.63) is 52.2 Å². The summed E-state index contributed by atoms with van der Waals surface area (Å²) in [6, 6.07) is 11.9. The first-order valence-electron chi connectivity index (χ1n) is 8.18. The monoisotopic (exact) mass is 345 g/mol. The number of carbonyl (C=O) groups is 1. The molecule has 0 saturated carbocycles. The van der Waals surface area contributed by atoms with Crippen LogP contribution in [-0.4, -0.2) is 43.7 Å². The molecule has 3 N–H and O–H groups in total. The van der Waals surface area contributed by atoms with Crippen molar-refractivity contribution in [3.8, 4) is 0 Å². The molecule has 24 heavy (non-hydrogen) atoms. The first-order valence-corrected chi connectivity index (χ1v) is 9.06. The molecule has 1 aliphatic heterocycles. The molecule has 128 valence electrons. The molecule has 0 bridgehead atoms. The maximum atomic E-state index is 12.3. The van der Waals surface area contributed by atoms with Gasteiger partial charge >= 0.3 is 0 Å². The third-order valence-corrected chi connectivity index (χ3v) is 5.14. The normalized spacial score (nSPS) is 16.7. The molecule has 3 rings (SSSR count). The molecule has 2 aromatic rings. The number of carbonyl (C=O) groups excluding carboxylic acids is 1. The molecular formula is C18H23N3O2S. The third-order valence-electron chi connectivity index (χ3n) is 4.17. The number of amides is 1. The van der Waals surface area contributed by atoms with Crippen LogP contribution >= 0.6 is 11.3 Å². The Hall–Kier alpha value is -1.89. The van der Waals surface area contributed by atoms with Gasteiger partial charge in [-0.15, -0.1) is 11.3 Å². The van der Waals surface area contributed by atoms with Crippen LogP contribution in [0.5, 0.6) is 0 Å². The summed E-state index contributed by atoms with van der Waals surface area (Å²) in [5, 5.41) is 5.16. The predicted molar refractivity (Wildman–Crippen MR) is 97.0 cm³/mol. The van der Waals surface area contributed by atoms with Crippen LogP contribution in [0.1, 0.15) is 16.5 Å². The van der Waals surface area contributed by atoms with Gasteiger partial charge in [0.15, 0.2) is 0 Å². The molecule has 1 aliphatic rings. The van der Waals surface area contributed by atoms with E-state index in [9.17, 15) is 4.79 Å². The summed E-state index contributed by atoms with van der Waals surface area (Å²) in [4.78, 5) is 16.0. The van der Waals surface area contributed by atoms with Gasteiger partial charge in [0, 0.05) is 30.2 Å². The average molecular weight is 345 g/mol. The highest BCUT2D eigenvalue weighted by Gasteiger charge is 2.23. The first kappa shape index (κ1) is 17.0. The number of nitrogen functional groups attached to an aromatic ring is 1. The molecule has 1 fully saturated rings. The molecule has 1 saturated heterocycles. The molecule has 1 unspecified atom stereocenters. The number of hydrogen-bond donors (Lipinski definition) is 2. The second-order valence-electron chi connectivity index (χ2n) is 5.91. The Morgan fingerprint density at radius 3 is 2.83 bits per heavy atom. The van der Waals surface area contributed by atoms with Gasteiger partial charge in [-0.25, -0.2) is 0 Å². The van der Waals surface area contributed by atoms with Crippen LogP contribution < -0.4 is 11.1 Å². The van der Waals surface area contributed by atoms with Crippen LogP contribution in [0.25, 0.3) is 0 Å². The summed E-state index contributed by atoms with van der Waals surface area (Å²) in [5.41, 5.74) is 7.39. The van der Waals surface area contributed by atoms with Crippen LogP contribution in [0.4, 0.5) is 5.69 Å². The topological polar surface area (TPSA) is 67.6 Å². The van der Waals surface area contributed by atoms with E-state index in [2.05, 4.69) is 27.7 Å². The zero-order valence-corrected chi connectivity index (χ0v) is 14.4. The van der Waals surface area contributed by atoms with Gasteiger partial charge in [-0.3, -0.25) is 9.69 Å². The standard InChI is InChI=1S/C18H23N3O2S/c19-15-4-1-3-14(11-15)12-18(22)20-13-16(17-5-2-10-24-17)21-6-8-23-9-7-21/h1-5,10-11,16H,6-9,12-13,19H2,(H,20,22). The zero-order chi connectivity index (χ0) is 16.8. The number of nitrogens with zero attached hydrogens (tertiary/aromatic N) is 1. The summed E-state index contributed by atoms with van der Waals surface area (Å²) in [7, 11) is 0.